The van der Waals surface area contributed by atoms with Gasteiger partial charge in [-0.05, 0) is 64.3 Å². The molecule has 1 aliphatic rings. The van der Waals surface area contributed by atoms with Gasteiger partial charge in [-0.15, -0.1) is 0 Å². The quantitative estimate of drug-likeness (QED) is 0.305. The Kier molecular flexibility index (Phi) is 5.79. The second-order valence-corrected chi connectivity index (χ2v) is 8.91. The van der Waals surface area contributed by atoms with Crippen LogP contribution in [0.5, 0.6) is 0 Å². The molecule has 1 heterocycles. The minimum Gasteiger partial charge on any atom is -0.502 e. The molecule has 1 N–H and O–H groups in total. The molecule has 0 amide bonds. The average molecular weight is 472 g/mol. The first-order valence-corrected chi connectivity index (χ1v) is 11.3. The molecule has 4 aromatic rings. The Bertz CT molecular complexity index is 1460. The molecule has 2 nitrogen and oxygen atoms in total. The van der Waals surface area contributed by atoms with Crippen molar-refractivity contribution in [2.24, 2.45) is 0 Å². The molecule has 162 valence electrons. The standard InChI is InChI=1S/C28H19ClFNOS/c29-25-16-27-20(14-26(25)30)10-12-21(31-27)11-6-17-5-7-19-9-8-18-3-1-2-4-22(18)24(15-28(32)33)23(19)13-17/h1-14,16,24H,15H2,(H,32,33). The summed E-state index contributed by atoms with van der Waals surface area (Å²) >= 11 is 11.0. The summed E-state index contributed by atoms with van der Waals surface area (Å²) in [7, 11) is 0. The fraction of sp³-hybridized carbons (Fsp3) is 0.0714. The molecule has 0 saturated carbocycles. The van der Waals surface area contributed by atoms with Gasteiger partial charge in [0.1, 0.15) is 5.82 Å². The number of hydrogen-bond acceptors (Lipinski definition) is 2. The molecule has 0 aliphatic heterocycles. The number of halogens is 2. The molecule has 33 heavy (non-hydrogen) atoms. The molecular formula is C28H19ClFNOS. The molecule has 0 fully saturated rings. The third kappa shape index (κ3) is 4.45. The second kappa shape index (κ2) is 8.89. The topological polar surface area (TPSA) is 33.1 Å². The molecule has 3 aromatic carbocycles. The van der Waals surface area contributed by atoms with E-state index in [4.69, 9.17) is 23.8 Å². The van der Waals surface area contributed by atoms with Crippen molar-refractivity contribution in [3.8, 4) is 0 Å². The molecule has 5 rings (SSSR count). The summed E-state index contributed by atoms with van der Waals surface area (Å²) < 4.78 is 13.7. The zero-order valence-electron chi connectivity index (χ0n) is 17.5. The molecule has 0 bridgehead atoms. The van der Waals surface area contributed by atoms with Gasteiger partial charge in [0.25, 0.3) is 0 Å². The molecule has 0 saturated heterocycles. The summed E-state index contributed by atoms with van der Waals surface area (Å²) in [5.74, 6) is -0.486. The SMILES string of the molecule is OC(=S)CC1c2ccccc2C=Cc2ccc(C=Cc3ccc4cc(F)c(Cl)cc4n3)cc21. The lowest BCUT2D eigenvalue weighted by Gasteiger charge is -2.20. The number of benzene rings is 3. The number of nitrogens with zero attached hydrogens (tertiary/aromatic N) is 1. The van der Waals surface area contributed by atoms with Crippen LogP contribution in [-0.4, -0.2) is 15.1 Å². The van der Waals surface area contributed by atoms with Gasteiger partial charge in [0.2, 0.25) is 0 Å². The van der Waals surface area contributed by atoms with Gasteiger partial charge in [-0.3, -0.25) is 0 Å². The van der Waals surface area contributed by atoms with E-state index in [1.807, 2.05) is 36.4 Å². The van der Waals surface area contributed by atoms with E-state index in [9.17, 15) is 9.50 Å². The number of hydrogen-bond donors (Lipinski definition) is 1. The Hall–Kier alpha value is -3.34. The normalized spacial score (nSPS) is 14.8. The molecule has 1 unspecified atom stereocenters. The molecule has 1 atom stereocenters. The third-order valence-corrected chi connectivity index (χ3v) is 6.33. The van der Waals surface area contributed by atoms with Crippen LogP contribution >= 0.6 is 23.8 Å². The van der Waals surface area contributed by atoms with Crippen LogP contribution < -0.4 is 0 Å². The predicted octanol–water partition coefficient (Wildman–Crippen LogP) is 8.09. The highest BCUT2D eigenvalue weighted by Gasteiger charge is 2.22. The number of pyridine rings is 1. The van der Waals surface area contributed by atoms with Gasteiger partial charge in [-0.2, -0.15) is 0 Å². The van der Waals surface area contributed by atoms with E-state index in [2.05, 4.69) is 47.5 Å². The van der Waals surface area contributed by atoms with Crippen LogP contribution in [0.25, 0.3) is 35.2 Å². The van der Waals surface area contributed by atoms with Crippen LogP contribution in [0, 0.1) is 5.82 Å². The largest absolute Gasteiger partial charge is 0.502 e. The molecule has 0 radical (unpaired) electrons. The van der Waals surface area contributed by atoms with Crippen LogP contribution in [0.3, 0.4) is 0 Å². The van der Waals surface area contributed by atoms with Gasteiger partial charge < -0.3 is 5.11 Å². The first kappa shape index (κ1) is 21.5. The van der Waals surface area contributed by atoms with E-state index in [0.29, 0.717) is 17.3 Å². The highest BCUT2D eigenvalue weighted by atomic mass is 35.5. The van der Waals surface area contributed by atoms with Crippen LogP contribution in [0.15, 0.2) is 66.7 Å². The maximum absolute atomic E-state index is 13.7. The summed E-state index contributed by atoms with van der Waals surface area (Å²) in [6, 6.07) is 21.1. The minimum absolute atomic E-state index is 0.000871. The third-order valence-electron chi connectivity index (χ3n) is 5.88. The lowest BCUT2D eigenvalue weighted by Crippen LogP contribution is -2.09. The summed E-state index contributed by atoms with van der Waals surface area (Å²) in [5.41, 5.74) is 6.89. The number of rotatable bonds is 4. The smallest absolute Gasteiger partial charge is 0.157 e. The number of aliphatic hydroxyl groups is 1. The monoisotopic (exact) mass is 471 g/mol. The Morgan fingerprint density at radius 3 is 2.58 bits per heavy atom. The Morgan fingerprint density at radius 1 is 0.970 bits per heavy atom. The van der Waals surface area contributed by atoms with Crippen LogP contribution in [-0.2, 0) is 0 Å². The van der Waals surface area contributed by atoms with E-state index < -0.39 is 5.82 Å². The van der Waals surface area contributed by atoms with Crippen LogP contribution in [0.2, 0.25) is 5.02 Å². The van der Waals surface area contributed by atoms with Crippen molar-refractivity contribution in [3.63, 3.8) is 0 Å². The molecule has 1 aromatic heterocycles. The van der Waals surface area contributed by atoms with Gasteiger partial charge >= 0.3 is 0 Å². The number of thiocarbonyl (C=S) groups is 1. The number of fused-ring (bicyclic) bond motifs is 3. The van der Waals surface area contributed by atoms with Crippen molar-refractivity contribution in [2.75, 3.05) is 0 Å². The second-order valence-electron chi connectivity index (χ2n) is 8.03. The van der Waals surface area contributed by atoms with E-state index in [1.54, 1.807) is 0 Å². The van der Waals surface area contributed by atoms with E-state index in [0.717, 1.165) is 33.5 Å². The van der Waals surface area contributed by atoms with E-state index in [1.165, 1.54) is 12.1 Å². The van der Waals surface area contributed by atoms with Crippen LogP contribution in [0.1, 0.15) is 45.8 Å². The molecule has 5 heteroatoms. The van der Waals surface area contributed by atoms with Crippen molar-refractivity contribution in [1.29, 1.82) is 0 Å². The van der Waals surface area contributed by atoms with Gasteiger partial charge in [-0.1, -0.05) is 78.4 Å². The zero-order chi connectivity index (χ0) is 22.9. The zero-order valence-corrected chi connectivity index (χ0v) is 19.1. The minimum atomic E-state index is -0.452. The molecular weight excluding hydrogens is 453 g/mol. The van der Waals surface area contributed by atoms with Gasteiger partial charge in [0.05, 0.1) is 16.2 Å². The number of aromatic nitrogens is 1. The van der Waals surface area contributed by atoms with Crippen LogP contribution in [0.4, 0.5) is 4.39 Å². The molecule has 0 spiro atoms. The Labute approximate surface area is 201 Å². The average Bonchev–Trinajstić information content (AvgIpc) is 2.95. The maximum Gasteiger partial charge on any atom is 0.157 e. The van der Waals surface area contributed by atoms with E-state index in [-0.39, 0.29) is 16.0 Å². The first-order valence-electron chi connectivity index (χ1n) is 10.5. The van der Waals surface area contributed by atoms with Crippen molar-refractivity contribution in [1.82, 2.24) is 4.98 Å². The highest BCUT2D eigenvalue weighted by molar-refractivity contribution is 7.80. The summed E-state index contributed by atoms with van der Waals surface area (Å²) in [5, 5.41) is 10.7. The first-order chi connectivity index (χ1) is 16.0. The van der Waals surface area contributed by atoms with Crippen molar-refractivity contribution < 1.29 is 9.50 Å². The summed E-state index contributed by atoms with van der Waals surface area (Å²) in [4.78, 5) is 4.58. The predicted molar refractivity (Wildman–Crippen MR) is 139 cm³/mol. The van der Waals surface area contributed by atoms with Gasteiger partial charge in [-0.25, -0.2) is 9.37 Å². The Morgan fingerprint density at radius 2 is 1.76 bits per heavy atom. The maximum atomic E-state index is 13.7. The van der Waals surface area contributed by atoms with Gasteiger partial charge in [0, 0.05) is 17.7 Å². The van der Waals surface area contributed by atoms with Crippen molar-refractivity contribution >= 4 is 64.1 Å². The molecule has 1 aliphatic carbocycles. The summed E-state index contributed by atoms with van der Waals surface area (Å²) in [6.45, 7) is 0. The highest BCUT2D eigenvalue weighted by Crippen LogP contribution is 2.37. The Balaban J connectivity index is 1.52. The van der Waals surface area contributed by atoms with Crippen molar-refractivity contribution in [2.45, 2.75) is 12.3 Å². The summed E-state index contributed by atoms with van der Waals surface area (Å²) in [6.07, 6.45) is 8.52. The fourth-order valence-corrected chi connectivity index (χ4v) is 4.60. The van der Waals surface area contributed by atoms with Gasteiger partial charge in [0.15, 0.2) is 5.05 Å². The lowest BCUT2D eigenvalue weighted by molar-refractivity contribution is 0.540. The van der Waals surface area contributed by atoms with E-state index >= 15 is 0 Å². The van der Waals surface area contributed by atoms with Crippen molar-refractivity contribution in [3.05, 3.63) is 111 Å². The number of aliphatic hydroxyl groups excluding tert-OH is 1. The lowest BCUT2D eigenvalue weighted by atomic mass is 9.84. The fourth-order valence-electron chi connectivity index (χ4n) is 4.28.